The minimum atomic E-state index is -0.616. The fourth-order valence-corrected chi connectivity index (χ4v) is 5.63. The molecule has 0 bridgehead atoms. The highest BCUT2D eigenvalue weighted by Crippen LogP contribution is 2.32. The van der Waals surface area contributed by atoms with E-state index in [0.717, 1.165) is 43.2 Å². The maximum absolute atomic E-state index is 11.9. The van der Waals surface area contributed by atoms with Crippen molar-refractivity contribution in [2.24, 2.45) is 5.92 Å². The summed E-state index contributed by atoms with van der Waals surface area (Å²) in [5.41, 5.74) is 4.89. The maximum Gasteiger partial charge on any atom is 0.306 e. The first-order valence-electron chi connectivity index (χ1n) is 13.8. The SMILES string of the molecule is CCCC(OC[C@H](O)CNC(C)(C)CC1Cc2ccccc2C1)c1ccc(Cl)cc1CCC(=O)OCC. The third-order valence-electron chi connectivity index (χ3n) is 7.15. The van der Waals surface area contributed by atoms with Crippen LogP contribution in [0.1, 0.15) is 81.7 Å². The molecule has 3 rings (SSSR count). The van der Waals surface area contributed by atoms with Crippen LogP contribution in [0.25, 0.3) is 0 Å². The molecule has 0 spiro atoms. The highest BCUT2D eigenvalue weighted by molar-refractivity contribution is 6.30. The third kappa shape index (κ3) is 9.40. The summed E-state index contributed by atoms with van der Waals surface area (Å²) in [6.45, 7) is 9.44. The number of hydrogen-bond donors (Lipinski definition) is 2. The van der Waals surface area contributed by atoms with Gasteiger partial charge in [0.05, 0.1) is 25.4 Å². The van der Waals surface area contributed by atoms with Gasteiger partial charge in [0.2, 0.25) is 0 Å². The van der Waals surface area contributed by atoms with Crippen LogP contribution in [0, 0.1) is 5.92 Å². The molecule has 2 aromatic rings. The molecule has 0 aliphatic heterocycles. The van der Waals surface area contributed by atoms with E-state index >= 15 is 0 Å². The number of nitrogens with one attached hydrogen (secondary N) is 1. The van der Waals surface area contributed by atoms with Gasteiger partial charge in [-0.15, -0.1) is 0 Å². The van der Waals surface area contributed by atoms with Crippen LogP contribution in [0.5, 0.6) is 0 Å². The van der Waals surface area contributed by atoms with Crippen LogP contribution >= 0.6 is 11.6 Å². The van der Waals surface area contributed by atoms with Crippen LogP contribution in [0.3, 0.4) is 0 Å². The lowest BCUT2D eigenvalue weighted by molar-refractivity contribution is -0.143. The monoisotopic (exact) mass is 529 g/mol. The molecule has 0 radical (unpaired) electrons. The molecule has 0 amide bonds. The van der Waals surface area contributed by atoms with Gasteiger partial charge in [0.1, 0.15) is 0 Å². The number of esters is 1. The van der Waals surface area contributed by atoms with Gasteiger partial charge in [-0.25, -0.2) is 0 Å². The molecular formula is C31H44ClNO4. The maximum atomic E-state index is 11.9. The van der Waals surface area contributed by atoms with Crippen molar-refractivity contribution in [1.29, 1.82) is 0 Å². The van der Waals surface area contributed by atoms with E-state index in [4.69, 9.17) is 21.1 Å². The number of halogens is 1. The number of fused-ring (bicyclic) bond motifs is 1. The number of ether oxygens (including phenoxy) is 2. The summed E-state index contributed by atoms with van der Waals surface area (Å²) in [5.74, 6) is 0.409. The van der Waals surface area contributed by atoms with Gasteiger partial charge in [-0.3, -0.25) is 4.79 Å². The van der Waals surface area contributed by atoms with E-state index in [1.165, 1.54) is 11.1 Å². The first-order chi connectivity index (χ1) is 17.7. The smallest absolute Gasteiger partial charge is 0.306 e. The van der Waals surface area contributed by atoms with Gasteiger partial charge in [0.25, 0.3) is 0 Å². The van der Waals surface area contributed by atoms with E-state index in [0.29, 0.717) is 36.9 Å². The van der Waals surface area contributed by atoms with Crippen molar-refractivity contribution in [2.75, 3.05) is 19.8 Å². The zero-order valence-electron chi connectivity index (χ0n) is 22.9. The molecule has 204 valence electrons. The number of aliphatic hydroxyl groups excluding tert-OH is 1. The number of rotatable bonds is 15. The van der Waals surface area contributed by atoms with E-state index in [-0.39, 0.29) is 24.2 Å². The second kappa shape index (κ2) is 14.3. The van der Waals surface area contributed by atoms with Crippen LogP contribution in [-0.4, -0.2) is 42.5 Å². The molecule has 1 unspecified atom stereocenters. The number of β-amino-alcohol motifs (C(OH)–C–C–N with tert-alkyl or cyclic N) is 1. The molecule has 0 fully saturated rings. The summed E-state index contributed by atoms with van der Waals surface area (Å²) in [6, 6.07) is 14.5. The molecule has 0 saturated carbocycles. The Bertz CT molecular complexity index is 983. The van der Waals surface area contributed by atoms with E-state index in [1.54, 1.807) is 0 Å². The molecule has 0 saturated heterocycles. The predicted octanol–water partition coefficient (Wildman–Crippen LogP) is 6.23. The Kier molecular flexibility index (Phi) is 11.4. The summed E-state index contributed by atoms with van der Waals surface area (Å²) >= 11 is 6.27. The molecule has 2 N–H and O–H groups in total. The van der Waals surface area contributed by atoms with Crippen LogP contribution in [-0.2, 0) is 33.5 Å². The summed E-state index contributed by atoms with van der Waals surface area (Å²) in [6.07, 6.45) is 5.14. The van der Waals surface area contributed by atoms with Crippen LogP contribution in [0.4, 0.5) is 0 Å². The number of carbonyl (C=O) groups excluding carboxylic acids is 1. The van der Waals surface area contributed by atoms with Crippen LogP contribution < -0.4 is 5.32 Å². The van der Waals surface area contributed by atoms with Crippen LogP contribution in [0.2, 0.25) is 5.02 Å². The van der Waals surface area contributed by atoms with Crippen molar-refractivity contribution in [1.82, 2.24) is 5.32 Å². The van der Waals surface area contributed by atoms with Gasteiger partial charge in [0, 0.05) is 23.5 Å². The summed E-state index contributed by atoms with van der Waals surface area (Å²) < 4.78 is 11.3. The number of aryl methyl sites for hydroxylation is 1. The van der Waals surface area contributed by atoms with Crippen molar-refractivity contribution in [3.8, 4) is 0 Å². The molecule has 6 heteroatoms. The molecule has 0 heterocycles. The van der Waals surface area contributed by atoms with Crippen molar-refractivity contribution < 1.29 is 19.4 Å². The van der Waals surface area contributed by atoms with Gasteiger partial charge < -0.3 is 19.9 Å². The minimum absolute atomic E-state index is 0.0764. The summed E-state index contributed by atoms with van der Waals surface area (Å²) in [7, 11) is 0. The van der Waals surface area contributed by atoms with E-state index in [9.17, 15) is 9.90 Å². The summed E-state index contributed by atoms with van der Waals surface area (Å²) in [4.78, 5) is 11.9. The lowest BCUT2D eigenvalue weighted by atomic mass is 9.88. The summed E-state index contributed by atoms with van der Waals surface area (Å²) in [5, 5.41) is 15.0. The Morgan fingerprint density at radius 2 is 1.86 bits per heavy atom. The molecule has 1 aliphatic carbocycles. The van der Waals surface area contributed by atoms with Gasteiger partial charge in [0.15, 0.2) is 0 Å². The Morgan fingerprint density at radius 1 is 1.16 bits per heavy atom. The number of hydrogen-bond acceptors (Lipinski definition) is 5. The van der Waals surface area contributed by atoms with Gasteiger partial charge in [-0.05, 0) is 93.2 Å². The third-order valence-corrected chi connectivity index (χ3v) is 7.38. The van der Waals surface area contributed by atoms with Crippen molar-refractivity contribution in [3.63, 3.8) is 0 Å². The highest BCUT2D eigenvalue weighted by Gasteiger charge is 2.28. The second-order valence-corrected chi connectivity index (χ2v) is 11.4. The number of aliphatic hydroxyl groups is 1. The Balaban J connectivity index is 1.52. The number of benzene rings is 2. The van der Waals surface area contributed by atoms with Crippen molar-refractivity contribution in [3.05, 3.63) is 69.7 Å². The zero-order chi connectivity index (χ0) is 26.8. The van der Waals surface area contributed by atoms with Gasteiger partial charge in [-0.2, -0.15) is 0 Å². The minimum Gasteiger partial charge on any atom is -0.466 e. The van der Waals surface area contributed by atoms with Crippen molar-refractivity contribution in [2.45, 2.75) is 90.4 Å². The normalized spacial score (nSPS) is 15.4. The highest BCUT2D eigenvalue weighted by atomic mass is 35.5. The Hall–Kier alpha value is -1.92. The lowest BCUT2D eigenvalue weighted by Gasteiger charge is -2.31. The molecule has 2 aromatic carbocycles. The molecule has 5 nitrogen and oxygen atoms in total. The second-order valence-electron chi connectivity index (χ2n) is 10.9. The fourth-order valence-electron chi connectivity index (χ4n) is 5.43. The largest absolute Gasteiger partial charge is 0.466 e. The van der Waals surface area contributed by atoms with E-state index < -0.39 is 6.10 Å². The first-order valence-corrected chi connectivity index (χ1v) is 14.1. The fraction of sp³-hybridized carbons (Fsp3) is 0.581. The Labute approximate surface area is 227 Å². The molecular weight excluding hydrogens is 486 g/mol. The standard InChI is InChI=1S/C31H44ClNO4/c1-5-9-29(28-14-13-26(32)18-25(28)12-15-30(35)36-6-2)37-21-27(34)20-33-31(3,4)19-22-16-23-10-7-8-11-24(23)17-22/h7-8,10-11,13-14,18,22,27,29,33-34H,5-6,9,12,15-17,19-21H2,1-4H3/t27-,29?/m1/s1. The number of carbonyl (C=O) groups is 1. The average molecular weight is 530 g/mol. The topological polar surface area (TPSA) is 67.8 Å². The van der Waals surface area contributed by atoms with Gasteiger partial charge in [-0.1, -0.05) is 55.3 Å². The quantitative estimate of drug-likeness (QED) is 0.268. The zero-order valence-corrected chi connectivity index (χ0v) is 23.7. The van der Waals surface area contributed by atoms with Gasteiger partial charge >= 0.3 is 5.97 Å². The van der Waals surface area contributed by atoms with E-state index in [1.807, 2.05) is 25.1 Å². The predicted molar refractivity (Wildman–Crippen MR) is 150 cm³/mol. The molecule has 2 atom stereocenters. The first kappa shape index (κ1) is 29.6. The molecule has 37 heavy (non-hydrogen) atoms. The van der Waals surface area contributed by atoms with Crippen molar-refractivity contribution >= 4 is 17.6 Å². The molecule has 0 aromatic heterocycles. The van der Waals surface area contributed by atoms with E-state index in [2.05, 4.69) is 50.4 Å². The molecule has 1 aliphatic rings. The van der Waals surface area contributed by atoms with Crippen LogP contribution in [0.15, 0.2) is 42.5 Å². The Morgan fingerprint density at radius 3 is 2.51 bits per heavy atom. The average Bonchev–Trinajstić information content (AvgIpc) is 3.26. The lowest BCUT2D eigenvalue weighted by Crippen LogP contribution is -2.45.